The summed E-state index contributed by atoms with van der Waals surface area (Å²) in [6.45, 7) is 2.50. The maximum absolute atomic E-state index is 13.4. The van der Waals surface area contributed by atoms with Crippen molar-refractivity contribution in [1.82, 2.24) is 4.98 Å². The van der Waals surface area contributed by atoms with Gasteiger partial charge in [-0.2, -0.15) is 9.65 Å². The number of allylic oxidation sites excluding steroid dienone is 1. The maximum atomic E-state index is 13.4. The fourth-order valence-electron chi connectivity index (χ4n) is 2.46. The molecule has 0 fully saturated rings. The molecule has 0 spiro atoms. The van der Waals surface area contributed by atoms with Crippen LogP contribution in [0.2, 0.25) is 0 Å². The summed E-state index contributed by atoms with van der Waals surface area (Å²) in [6.07, 6.45) is 1.39. The van der Waals surface area contributed by atoms with Gasteiger partial charge in [-0.15, -0.1) is 11.3 Å². The molecule has 0 aliphatic rings. The molecular weight excluding hydrogens is 395 g/mol. The van der Waals surface area contributed by atoms with Gasteiger partial charge in [0.05, 0.1) is 17.2 Å². The molecule has 0 saturated heterocycles. The minimum atomic E-state index is -0.926. The Balaban J connectivity index is 1.80. The predicted octanol–water partition coefficient (Wildman–Crippen LogP) is 5.23. The van der Waals surface area contributed by atoms with E-state index in [-0.39, 0.29) is 11.3 Å². The first kappa shape index (κ1) is 20.0. The van der Waals surface area contributed by atoms with E-state index in [1.807, 2.05) is 42.6 Å². The Bertz CT molecular complexity index is 1100. The molecule has 1 N–H and O–H groups in total. The zero-order chi connectivity index (χ0) is 20.8. The second-order valence-corrected chi connectivity index (χ2v) is 6.59. The largest absolute Gasteiger partial charge is 0.494 e. The molecule has 3 aromatic rings. The number of nitro benzene ring substituents is 1. The van der Waals surface area contributed by atoms with E-state index < -0.39 is 16.4 Å². The minimum Gasteiger partial charge on any atom is -0.494 e. The summed E-state index contributed by atoms with van der Waals surface area (Å²) >= 11 is 1.30. The topological polar surface area (TPSA) is 101 Å². The van der Waals surface area contributed by atoms with Crippen LogP contribution >= 0.6 is 11.3 Å². The molecule has 146 valence electrons. The number of ether oxygens (including phenoxy) is 1. The molecular formula is C20H15FN4O3S. The number of hydrogen-bond acceptors (Lipinski definition) is 7. The molecule has 7 nitrogen and oxygen atoms in total. The van der Waals surface area contributed by atoms with Gasteiger partial charge < -0.3 is 10.1 Å². The number of anilines is 1. The van der Waals surface area contributed by atoms with Crippen molar-refractivity contribution in [1.29, 1.82) is 5.26 Å². The molecule has 0 radical (unpaired) electrons. The first-order chi connectivity index (χ1) is 14.0. The van der Waals surface area contributed by atoms with Gasteiger partial charge in [-0.1, -0.05) is 0 Å². The van der Waals surface area contributed by atoms with E-state index >= 15 is 0 Å². The number of nitriles is 1. The summed E-state index contributed by atoms with van der Waals surface area (Å²) in [5.74, 6) is -0.160. The lowest BCUT2D eigenvalue weighted by molar-refractivity contribution is -0.387. The molecule has 0 unspecified atom stereocenters. The number of aromatic nitrogens is 1. The van der Waals surface area contributed by atoms with Gasteiger partial charge in [0, 0.05) is 28.9 Å². The molecule has 1 heterocycles. The highest BCUT2D eigenvalue weighted by Crippen LogP contribution is 2.28. The van der Waals surface area contributed by atoms with Gasteiger partial charge in [-0.25, -0.2) is 4.98 Å². The van der Waals surface area contributed by atoms with Crippen LogP contribution in [0.3, 0.4) is 0 Å². The summed E-state index contributed by atoms with van der Waals surface area (Å²) < 4.78 is 18.8. The molecule has 0 aliphatic heterocycles. The molecule has 0 amide bonds. The lowest BCUT2D eigenvalue weighted by Gasteiger charge is -2.03. The highest BCUT2D eigenvalue weighted by molar-refractivity contribution is 7.11. The number of rotatable bonds is 7. The quantitative estimate of drug-likeness (QED) is 0.325. The molecule has 3 rings (SSSR count). The van der Waals surface area contributed by atoms with Crippen molar-refractivity contribution in [3.05, 3.63) is 75.0 Å². The first-order valence-corrected chi connectivity index (χ1v) is 9.39. The molecule has 2 aromatic carbocycles. The minimum absolute atomic E-state index is 0.249. The van der Waals surface area contributed by atoms with Crippen molar-refractivity contribution in [2.45, 2.75) is 6.92 Å². The van der Waals surface area contributed by atoms with E-state index in [4.69, 9.17) is 4.74 Å². The van der Waals surface area contributed by atoms with Crippen LogP contribution in [0.5, 0.6) is 5.75 Å². The van der Waals surface area contributed by atoms with Crippen LogP contribution in [0.4, 0.5) is 15.8 Å². The summed E-state index contributed by atoms with van der Waals surface area (Å²) in [7, 11) is 0. The van der Waals surface area contributed by atoms with Crippen molar-refractivity contribution in [3.63, 3.8) is 0 Å². The van der Waals surface area contributed by atoms with Gasteiger partial charge in [0.15, 0.2) is 0 Å². The van der Waals surface area contributed by atoms with Crippen molar-refractivity contribution in [2.75, 3.05) is 11.9 Å². The van der Waals surface area contributed by atoms with Crippen LogP contribution in [-0.4, -0.2) is 16.5 Å². The summed E-state index contributed by atoms with van der Waals surface area (Å²) in [4.78, 5) is 14.5. The second-order valence-electron chi connectivity index (χ2n) is 5.73. The molecule has 0 saturated carbocycles. The van der Waals surface area contributed by atoms with Crippen LogP contribution in [0.25, 0.3) is 16.8 Å². The highest BCUT2D eigenvalue weighted by atomic mass is 32.1. The van der Waals surface area contributed by atoms with Crippen molar-refractivity contribution >= 4 is 28.3 Å². The van der Waals surface area contributed by atoms with Crippen LogP contribution in [-0.2, 0) is 0 Å². The van der Waals surface area contributed by atoms with E-state index in [0.29, 0.717) is 17.3 Å². The predicted molar refractivity (Wildman–Crippen MR) is 109 cm³/mol. The van der Waals surface area contributed by atoms with Gasteiger partial charge >= 0.3 is 5.69 Å². The number of nitrogens with zero attached hydrogens (tertiary/aromatic N) is 3. The zero-order valence-corrected chi connectivity index (χ0v) is 16.1. The number of benzene rings is 2. The standard InChI is InChI=1S/C20H15FN4O3S/c1-2-28-16-6-3-13(4-7-16)18-12-29-20(24-18)14(10-22)11-23-15-5-8-17(21)19(9-15)25(26)27/h3-9,11-12,23H,2H2,1H3/b14-11+. The molecule has 29 heavy (non-hydrogen) atoms. The molecule has 0 atom stereocenters. The van der Waals surface area contributed by atoms with Crippen LogP contribution < -0.4 is 10.1 Å². The third-order valence-electron chi connectivity index (χ3n) is 3.84. The SMILES string of the molecule is CCOc1ccc(-c2csc(/C(C#N)=C/Nc3ccc(F)c([N+](=O)[O-])c3)n2)cc1. The lowest BCUT2D eigenvalue weighted by Crippen LogP contribution is -1.96. The van der Waals surface area contributed by atoms with Crippen LogP contribution in [0, 0.1) is 27.3 Å². The average molecular weight is 410 g/mol. The second kappa shape index (κ2) is 8.95. The Kier molecular flexibility index (Phi) is 6.16. The molecule has 0 aliphatic carbocycles. The normalized spacial score (nSPS) is 11.0. The Morgan fingerprint density at radius 3 is 2.79 bits per heavy atom. The Labute approximate surface area is 169 Å². The van der Waals surface area contributed by atoms with Crippen molar-refractivity contribution in [2.24, 2.45) is 0 Å². The summed E-state index contributed by atoms with van der Waals surface area (Å²) in [5, 5.41) is 25.4. The molecule has 1 aromatic heterocycles. The van der Waals surface area contributed by atoms with Gasteiger partial charge in [0.1, 0.15) is 22.4 Å². The van der Waals surface area contributed by atoms with Crippen LogP contribution in [0.1, 0.15) is 11.9 Å². The molecule has 0 bridgehead atoms. The smallest absolute Gasteiger partial charge is 0.306 e. The van der Waals surface area contributed by atoms with Crippen molar-refractivity contribution in [3.8, 4) is 23.1 Å². The Hall–Kier alpha value is -3.77. The fraction of sp³-hybridized carbons (Fsp3) is 0.100. The van der Waals surface area contributed by atoms with Crippen LogP contribution in [0.15, 0.2) is 54.0 Å². The summed E-state index contributed by atoms with van der Waals surface area (Å²) in [6, 6.07) is 12.9. The van der Waals surface area contributed by atoms with Gasteiger partial charge in [0.25, 0.3) is 0 Å². The van der Waals surface area contributed by atoms with Gasteiger partial charge in [0.2, 0.25) is 5.82 Å². The number of hydrogen-bond donors (Lipinski definition) is 1. The highest BCUT2D eigenvalue weighted by Gasteiger charge is 2.14. The van der Waals surface area contributed by atoms with E-state index in [1.165, 1.54) is 23.6 Å². The van der Waals surface area contributed by atoms with Gasteiger partial charge in [-0.05, 0) is 43.3 Å². The Morgan fingerprint density at radius 2 is 2.14 bits per heavy atom. The number of nitro groups is 1. The number of nitrogens with one attached hydrogen (secondary N) is 1. The maximum Gasteiger partial charge on any atom is 0.306 e. The van der Waals surface area contributed by atoms with Gasteiger partial charge in [-0.3, -0.25) is 10.1 Å². The first-order valence-electron chi connectivity index (χ1n) is 8.51. The Morgan fingerprint density at radius 1 is 1.38 bits per heavy atom. The zero-order valence-electron chi connectivity index (χ0n) is 15.3. The summed E-state index contributed by atoms with van der Waals surface area (Å²) in [5.41, 5.74) is 1.49. The van der Waals surface area contributed by atoms with E-state index in [9.17, 15) is 19.8 Å². The average Bonchev–Trinajstić information content (AvgIpc) is 3.20. The van der Waals surface area contributed by atoms with Crippen molar-refractivity contribution < 1.29 is 14.1 Å². The fourth-order valence-corrected chi connectivity index (χ4v) is 3.25. The third-order valence-corrected chi connectivity index (χ3v) is 4.72. The number of halogens is 1. The van der Waals surface area contributed by atoms with E-state index in [2.05, 4.69) is 10.3 Å². The monoisotopic (exact) mass is 410 g/mol. The molecule has 9 heteroatoms. The van der Waals surface area contributed by atoms with E-state index in [1.54, 1.807) is 0 Å². The third kappa shape index (κ3) is 4.75. The lowest BCUT2D eigenvalue weighted by atomic mass is 10.2. The number of thiazole rings is 1. The van der Waals surface area contributed by atoms with E-state index in [0.717, 1.165) is 23.4 Å².